The zero-order chi connectivity index (χ0) is 25.6. The third-order valence-corrected chi connectivity index (χ3v) is 7.65. The normalized spacial score (nSPS) is 11.4. The van der Waals surface area contributed by atoms with Crippen molar-refractivity contribution >= 4 is 44.3 Å². The van der Waals surface area contributed by atoms with Crippen LogP contribution in [-0.2, 0) is 14.6 Å². The van der Waals surface area contributed by atoms with Crippen LogP contribution in [-0.4, -0.2) is 43.4 Å². The molecule has 0 saturated heterocycles. The van der Waals surface area contributed by atoms with Crippen LogP contribution in [0.5, 0.6) is 11.5 Å². The summed E-state index contributed by atoms with van der Waals surface area (Å²) < 4.78 is 34.2. The summed E-state index contributed by atoms with van der Waals surface area (Å²) in [5.74, 6) is -1.13. The number of hydrogen-bond donors (Lipinski definition) is 1. The van der Waals surface area contributed by atoms with Crippen molar-refractivity contribution in [2.45, 2.75) is 18.2 Å². The second-order valence-electron chi connectivity index (χ2n) is 7.07. The number of benzene rings is 2. The van der Waals surface area contributed by atoms with Crippen molar-refractivity contribution in [2.75, 3.05) is 18.2 Å². The van der Waals surface area contributed by atoms with Gasteiger partial charge in [0.15, 0.2) is 11.5 Å². The molecular weight excluding hydrogens is 492 g/mol. The van der Waals surface area contributed by atoms with E-state index in [1.54, 1.807) is 36.4 Å². The highest BCUT2D eigenvalue weighted by atomic mass is 32.2. The molecule has 0 fully saturated rings. The highest BCUT2D eigenvalue weighted by Gasteiger charge is 2.20. The first kappa shape index (κ1) is 25.5. The predicted octanol–water partition coefficient (Wildman–Crippen LogP) is 3.41. The molecule has 0 aliphatic rings. The summed E-state index contributed by atoms with van der Waals surface area (Å²) >= 11 is 0.692. The second kappa shape index (κ2) is 10.9. The molecule has 2 aromatic carbocycles. The number of nitriles is 1. The first-order chi connectivity index (χ1) is 16.7. The van der Waals surface area contributed by atoms with Crippen LogP contribution < -0.4 is 14.8 Å². The van der Waals surface area contributed by atoms with Gasteiger partial charge < -0.3 is 9.47 Å². The molecule has 0 saturated carbocycles. The predicted molar refractivity (Wildman–Crippen MR) is 129 cm³/mol. The smallest absolute Gasteiger partial charge is 0.343 e. The third-order valence-electron chi connectivity index (χ3n) is 4.63. The Bertz CT molecular complexity index is 1440. The van der Waals surface area contributed by atoms with Crippen molar-refractivity contribution < 1.29 is 27.5 Å². The van der Waals surface area contributed by atoms with Crippen LogP contribution in [0.4, 0.5) is 5.13 Å². The van der Waals surface area contributed by atoms with Gasteiger partial charge in [-0.25, -0.2) is 13.2 Å². The fraction of sp³-hybridized carbons (Fsp3) is 0.174. The minimum Gasteiger partial charge on any atom is -0.493 e. The SMILES string of the molecule is CCS(=O)(=O)c1nnc(NC(=O)C(C#N)=Cc2ccc(OC(=O)c3ccc(C)cc3)c(OC)c2)s1. The van der Waals surface area contributed by atoms with Gasteiger partial charge in [-0.15, -0.1) is 10.2 Å². The van der Waals surface area contributed by atoms with Gasteiger partial charge in [-0.2, -0.15) is 5.26 Å². The van der Waals surface area contributed by atoms with Crippen molar-refractivity contribution in [1.29, 1.82) is 5.26 Å². The van der Waals surface area contributed by atoms with E-state index in [0.29, 0.717) is 22.5 Å². The molecule has 180 valence electrons. The van der Waals surface area contributed by atoms with E-state index in [1.807, 2.05) is 6.92 Å². The molecule has 3 rings (SSSR count). The summed E-state index contributed by atoms with van der Waals surface area (Å²) in [6.07, 6.45) is 1.30. The number of amides is 1. The van der Waals surface area contributed by atoms with Crippen LogP contribution in [0.1, 0.15) is 28.4 Å². The van der Waals surface area contributed by atoms with E-state index in [0.717, 1.165) is 5.56 Å². The highest BCUT2D eigenvalue weighted by Crippen LogP contribution is 2.30. The second-order valence-corrected chi connectivity index (χ2v) is 10.5. The average Bonchev–Trinajstić information content (AvgIpc) is 3.32. The number of methoxy groups -OCH3 is 1. The Labute approximate surface area is 205 Å². The Morgan fingerprint density at radius 3 is 2.49 bits per heavy atom. The zero-order valence-electron chi connectivity index (χ0n) is 18.9. The van der Waals surface area contributed by atoms with Crippen LogP contribution in [0, 0.1) is 18.3 Å². The number of aromatic nitrogens is 2. The first-order valence-corrected chi connectivity index (χ1v) is 12.6. The van der Waals surface area contributed by atoms with E-state index in [4.69, 9.17) is 9.47 Å². The van der Waals surface area contributed by atoms with Crippen LogP contribution in [0.2, 0.25) is 0 Å². The molecule has 10 nitrogen and oxygen atoms in total. The van der Waals surface area contributed by atoms with Gasteiger partial charge in [-0.1, -0.05) is 42.0 Å². The van der Waals surface area contributed by atoms with E-state index >= 15 is 0 Å². The largest absolute Gasteiger partial charge is 0.493 e. The maximum atomic E-state index is 12.5. The van der Waals surface area contributed by atoms with Gasteiger partial charge in [0.25, 0.3) is 5.91 Å². The number of rotatable bonds is 8. The van der Waals surface area contributed by atoms with E-state index in [2.05, 4.69) is 15.5 Å². The van der Waals surface area contributed by atoms with E-state index in [1.165, 1.54) is 32.2 Å². The standard InChI is InChI=1S/C23H20N4O6S2/c1-4-35(30,31)23-27-26-22(34-23)25-20(28)17(13-24)11-15-7-10-18(19(12-15)32-3)33-21(29)16-8-5-14(2)6-9-16/h5-12H,4H2,1-3H3,(H,25,26,28). The molecule has 0 bridgehead atoms. The molecule has 1 amide bonds. The summed E-state index contributed by atoms with van der Waals surface area (Å²) in [6.45, 7) is 3.37. The Hall–Kier alpha value is -4.08. The molecule has 3 aromatic rings. The molecule has 0 radical (unpaired) electrons. The number of sulfone groups is 1. The number of esters is 1. The van der Waals surface area contributed by atoms with Gasteiger partial charge in [0.05, 0.1) is 18.4 Å². The zero-order valence-corrected chi connectivity index (χ0v) is 20.6. The molecule has 0 atom stereocenters. The lowest BCUT2D eigenvalue weighted by atomic mass is 10.1. The van der Waals surface area contributed by atoms with Gasteiger partial charge in [0.1, 0.15) is 11.6 Å². The van der Waals surface area contributed by atoms with Crippen LogP contribution in [0.3, 0.4) is 0 Å². The van der Waals surface area contributed by atoms with E-state index in [-0.39, 0.29) is 32.3 Å². The topological polar surface area (TPSA) is 148 Å². The van der Waals surface area contributed by atoms with Crippen molar-refractivity contribution in [3.05, 3.63) is 64.7 Å². The number of carbonyl (C=O) groups excluding carboxylic acids is 2. The lowest BCUT2D eigenvalue weighted by molar-refractivity contribution is -0.112. The monoisotopic (exact) mass is 512 g/mol. The number of anilines is 1. The van der Waals surface area contributed by atoms with Gasteiger partial charge in [-0.3, -0.25) is 10.1 Å². The van der Waals surface area contributed by atoms with Crippen molar-refractivity contribution in [1.82, 2.24) is 10.2 Å². The number of nitrogens with zero attached hydrogens (tertiary/aromatic N) is 3. The quantitative estimate of drug-likeness (QED) is 0.157. The van der Waals surface area contributed by atoms with Gasteiger partial charge >= 0.3 is 5.97 Å². The van der Waals surface area contributed by atoms with Crippen LogP contribution >= 0.6 is 11.3 Å². The fourth-order valence-electron chi connectivity index (χ4n) is 2.70. The Morgan fingerprint density at radius 1 is 1.14 bits per heavy atom. The summed E-state index contributed by atoms with van der Waals surface area (Å²) in [5, 5.41) is 19.0. The molecule has 12 heteroatoms. The number of ether oxygens (including phenoxy) is 2. The van der Waals surface area contributed by atoms with Crippen molar-refractivity contribution in [3.63, 3.8) is 0 Å². The fourth-order valence-corrected chi connectivity index (χ4v) is 4.68. The molecular formula is C23H20N4O6S2. The van der Waals surface area contributed by atoms with Crippen molar-refractivity contribution in [2.24, 2.45) is 0 Å². The Morgan fingerprint density at radius 2 is 1.86 bits per heavy atom. The number of nitrogens with one attached hydrogen (secondary N) is 1. The summed E-state index contributed by atoms with van der Waals surface area (Å²) in [6, 6.07) is 13.2. The summed E-state index contributed by atoms with van der Waals surface area (Å²) in [7, 11) is -2.17. The minimum atomic E-state index is -3.56. The lowest BCUT2D eigenvalue weighted by Gasteiger charge is -2.10. The summed E-state index contributed by atoms with van der Waals surface area (Å²) in [5.41, 5.74) is 1.53. The third kappa shape index (κ3) is 6.28. The summed E-state index contributed by atoms with van der Waals surface area (Å²) in [4.78, 5) is 24.9. The maximum absolute atomic E-state index is 12.5. The molecule has 0 aliphatic heterocycles. The molecule has 1 heterocycles. The average molecular weight is 513 g/mol. The van der Waals surface area contributed by atoms with Crippen LogP contribution in [0.25, 0.3) is 6.08 Å². The van der Waals surface area contributed by atoms with Gasteiger partial charge in [-0.05, 0) is 42.8 Å². The Kier molecular flexibility index (Phi) is 7.95. The molecule has 1 aromatic heterocycles. The molecule has 0 spiro atoms. The molecule has 0 aliphatic carbocycles. The maximum Gasteiger partial charge on any atom is 0.343 e. The minimum absolute atomic E-state index is 0.0564. The molecule has 0 unspecified atom stereocenters. The molecule has 35 heavy (non-hydrogen) atoms. The van der Waals surface area contributed by atoms with Crippen LogP contribution in [0.15, 0.2) is 52.4 Å². The Balaban J connectivity index is 1.78. The lowest BCUT2D eigenvalue weighted by Crippen LogP contribution is -2.13. The number of carbonyl (C=O) groups is 2. The van der Waals surface area contributed by atoms with Crippen molar-refractivity contribution in [3.8, 4) is 17.6 Å². The number of hydrogen-bond acceptors (Lipinski definition) is 10. The number of aryl methyl sites for hydroxylation is 1. The van der Waals surface area contributed by atoms with E-state index in [9.17, 15) is 23.3 Å². The highest BCUT2D eigenvalue weighted by molar-refractivity contribution is 7.93. The van der Waals surface area contributed by atoms with Gasteiger partial charge in [0.2, 0.25) is 19.3 Å². The first-order valence-electron chi connectivity index (χ1n) is 10.1. The van der Waals surface area contributed by atoms with E-state index < -0.39 is 21.7 Å². The van der Waals surface area contributed by atoms with Gasteiger partial charge in [0, 0.05) is 0 Å². The molecule has 1 N–H and O–H groups in total.